The molecule has 26 heavy (non-hydrogen) atoms. The summed E-state index contributed by atoms with van der Waals surface area (Å²) in [5, 5.41) is 13.6. The van der Waals surface area contributed by atoms with Crippen LogP contribution >= 0.6 is 0 Å². The van der Waals surface area contributed by atoms with Crippen molar-refractivity contribution in [3.63, 3.8) is 0 Å². The van der Waals surface area contributed by atoms with E-state index in [1.54, 1.807) is 0 Å². The van der Waals surface area contributed by atoms with Crippen LogP contribution in [0, 0.1) is 0 Å². The van der Waals surface area contributed by atoms with Gasteiger partial charge in [0.25, 0.3) is 0 Å². The monoisotopic (exact) mass is 350 g/mol. The van der Waals surface area contributed by atoms with Crippen LogP contribution in [0.2, 0.25) is 0 Å². The Morgan fingerprint density at radius 1 is 1.15 bits per heavy atom. The molecule has 1 aliphatic heterocycles. The number of fused-ring (bicyclic) bond motifs is 2. The summed E-state index contributed by atoms with van der Waals surface area (Å²) in [6, 6.07) is 10.8. The van der Waals surface area contributed by atoms with E-state index >= 15 is 0 Å². The van der Waals surface area contributed by atoms with Crippen LogP contribution in [0.5, 0.6) is 5.88 Å². The van der Waals surface area contributed by atoms with Gasteiger partial charge in [0.1, 0.15) is 6.61 Å². The van der Waals surface area contributed by atoms with Crippen LogP contribution in [-0.4, -0.2) is 43.2 Å². The predicted octanol–water partition coefficient (Wildman–Crippen LogP) is 2.73. The van der Waals surface area contributed by atoms with Gasteiger partial charge in [-0.1, -0.05) is 31.0 Å². The Bertz CT molecular complexity index is 917. The lowest BCUT2D eigenvalue weighted by Crippen LogP contribution is -2.27. The highest BCUT2D eigenvalue weighted by molar-refractivity contribution is 5.80. The number of hydrogen-bond donors (Lipinski definition) is 0. The first-order chi connectivity index (χ1) is 12.9. The van der Waals surface area contributed by atoms with Gasteiger partial charge in [0.2, 0.25) is 5.88 Å². The molecule has 0 saturated heterocycles. The van der Waals surface area contributed by atoms with E-state index in [9.17, 15) is 0 Å². The third-order valence-electron chi connectivity index (χ3n) is 5.40. The molecule has 0 radical (unpaired) electrons. The summed E-state index contributed by atoms with van der Waals surface area (Å²) in [5.41, 5.74) is 2.10. The van der Waals surface area contributed by atoms with Crippen LogP contribution in [0.4, 0.5) is 0 Å². The number of tetrazole rings is 1. The maximum absolute atomic E-state index is 5.92. The molecule has 1 aromatic carbocycles. The lowest BCUT2D eigenvalue weighted by molar-refractivity contribution is 0.208. The summed E-state index contributed by atoms with van der Waals surface area (Å²) in [6.07, 6.45) is 4.90. The zero-order valence-electron chi connectivity index (χ0n) is 14.7. The van der Waals surface area contributed by atoms with Gasteiger partial charge in [-0.3, -0.25) is 4.90 Å². The zero-order valence-corrected chi connectivity index (χ0v) is 14.7. The van der Waals surface area contributed by atoms with Gasteiger partial charge in [-0.25, -0.2) is 9.67 Å². The van der Waals surface area contributed by atoms with Crippen molar-refractivity contribution >= 4 is 10.9 Å². The Kier molecular flexibility index (Phi) is 4.01. The summed E-state index contributed by atoms with van der Waals surface area (Å²) >= 11 is 0. The molecule has 0 spiro atoms. The van der Waals surface area contributed by atoms with E-state index < -0.39 is 0 Å². The summed E-state index contributed by atoms with van der Waals surface area (Å²) in [4.78, 5) is 7.04. The Balaban J connectivity index is 1.40. The SMILES string of the molecule is c1ccc2nc3c(cc2c1)CN(Cc1nnnn1C1CCCC1)CCO3. The quantitative estimate of drug-likeness (QED) is 0.723. The van der Waals surface area contributed by atoms with Crippen molar-refractivity contribution in [2.24, 2.45) is 0 Å². The largest absolute Gasteiger partial charge is 0.476 e. The van der Waals surface area contributed by atoms with Crippen molar-refractivity contribution in [3.05, 3.63) is 41.7 Å². The molecule has 5 rings (SSSR count). The molecular formula is C19H22N6O. The van der Waals surface area contributed by atoms with Crippen molar-refractivity contribution in [3.8, 4) is 5.88 Å². The molecule has 0 N–H and O–H groups in total. The van der Waals surface area contributed by atoms with E-state index in [1.165, 1.54) is 25.7 Å². The number of benzene rings is 1. The molecule has 0 bridgehead atoms. The molecular weight excluding hydrogens is 328 g/mol. The molecule has 1 aliphatic carbocycles. The third-order valence-corrected chi connectivity index (χ3v) is 5.40. The number of ether oxygens (including phenoxy) is 1. The van der Waals surface area contributed by atoms with Crippen LogP contribution in [-0.2, 0) is 13.1 Å². The summed E-state index contributed by atoms with van der Waals surface area (Å²) in [5.74, 6) is 1.70. The Labute approximate surface area is 152 Å². The van der Waals surface area contributed by atoms with Gasteiger partial charge >= 0.3 is 0 Å². The normalized spacial score (nSPS) is 18.6. The second kappa shape index (κ2) is 6.64. The van der Waals surface area contributed by atoms with E-state index in [0.717, 1.165) is 47.8 Å². The van der Waals surface area contributed by atoms with Gasteiger partial charge in [0, 0.05) is 24.0 Å². The topological polar surface area (TPSA) is 69.0 Å². The minimum absolute atomic E-state index is 0.459. The first kappa shape index (κ1) is 15.7. The van der Waals surface area contributed by atoms with E-state index in [0.29, 0.717) is 12.6 Å². The molecule has 134 valence electrons. The second-order valence-corrected chi connectivity index (χ2v) is 7.18. The number of rotatable bonds is 3. The predicted molar refractivity (Wildman–Crippen MR) is 96.7 cm³/mol. The summed E-state index contributed by atoms with van der Waals surface area (Å²) in [7, 11) is 0. The Morgan fingerprint density at radius 3 is 2.96 bits per heavy atom. The van der Waals surface area contributed by atoms with E-state index in [-0.39, 0.29) is 0 Å². The molecule has 7 heteroatoms. The zero-order chi connectivity index (χ0) is 17.3. The molecule has 3 heterocycles. The standard InChI is InChI=1S/C19H22N6O/c1-4-8-17-14(5-1)11-15-12-24(9-10-26-19(15)20-17)13-18-21-22-23-25(18)16-6-2-3-7-16/h1,4-5,8,11,16H,2-3,6-7,9-10,12-13H2. The minimum Gasteiger partial charge on any atom is -0.476 e. The highest BCUT2D eigenvalue weighted by atomic mass is 16.5. The van der Waals surface area contributed by atoms with Crippen LogP contribution in [0.1, 0.15) is 43.1 Å². The fourth-order valence-electron chi connectivity index (χ4n) is 4.06. The Hall–Kier alpha value is -2.54. The van der Waals surface area contributed by atoms with Crippen molar-refractivity contribution < 1.29 is 4.74 Å². The molecule has 3 aromatic rings. The van der Waals surface area contributed by atoms with Crippen molar-refractivity contribution in [1.29, 1.82) is 0 Å². The van der Waals surface area contributed by atoms with Gasteiger partial charge in [0.15, 0.2) is 5.82 Å². The molecule has 7 nitrogen and oxygen atoms in total. The summed E-state index contributed by atoms with van der Waals surface area (Å²) in [6.45, 7) is 3.00. The fourth-order valence-corrected chi connectivity index (χ4v) is 4.06. The van der Waals surface area contributed by atoms with Gasteiger partial charge in [-0.05, 0) is 35.4 Å². The highest BCUT2D eigenvalue weighted by Crippen LogP contribution is 2.30. The lowest BCUT2D eigenvalue weighted by Gasteiger charge is -2.20. The van der Waals surface area contributed by atoms with Crippen molar-refractivity contribution in [2.75, 3.05) is 13.2 Å². The van der Waals surface area contributed by atoms with E-state index in [4.69, 9.17) is 9.72 Å². The van der Waals surface area contributed by atoms with E-state index in [2.05, 4.69) is 32.6 Å². The third kappa shape index (κ3) is 2.92. The number of para-hydroxylation sites is 1. The van der Waals surface area contributed by atoms with E-state index in [1.807, 2.05) is 22.9 Å². The number of nitrogens with zero attached hydrogens (tertiary/aromatic N) is 6. The van der Waals surface area contributed by atoms with Gasteiger partial charge in [-0.2, -0.15) is 0 Å². The molecule has 2 aromatic heterocycles. The smallest absolute Gasteiger partial charge is 0.218 e. The molecule has 0 amide bonds. The maximum atomic E-state index is 5.92. The fraction of sp³-hybridized carbons (Fsp3) is 0.474. The first-order valence-corrected chi connectivity index (χ1v) is 9.37. The van der Waals surface area contributed by atoms with Crippen molar-refractivity contribution in [2.45, 2.75) is 44.8 Å². The van der Waals surface area contributed by atoms with Gasteiger partial charge in [-0.15, -0.1) is 5.10 Å². The second-order valence-electron chi connectivity index (χ2n) is 7.18. The minimum atomic E-state index is 0.459. The molecule has 0 unspecified atom stereocenters. The van der Waals surface area contributed by atoms with Crippen LogP contribution in [0.3, 0.4) is 0 Å². The van der Waals surface area contributed by atoms with Crippen LogP contribution in [0.25, 0.3) is 10.9 Å². The molecule has 2 aliphatic rings. The average molecular weight is 350 g/mol. The van der Waals surface area contributed by atoms with Gasteiger partial charge < -0.3 is 4.74 Å². The molecule has 1 saturated carbocycles. The van der Waals surface area contributed by atoms with Gasteiger partial charge in [0.05, 0.1) is 18.1 Å². The van der Waals surface area contributed by atoms with Crippen LogP contribution < -0.4 is 4.74 Å². The number of hydrogen-bond acceptors (Lipinski definition) is 6. The molecule has 0 atom stereocenters. The van der Waals surface area contributed by atoms with Crippen molar-refractivity contribution in [1.82, 2.24) is 30.1 Å². The summed E-state index contributed by atoms with van der Waals surface area (Å²) < 4.78 is 7.96. The highest BCUT2D eigenvalue weighted by Gasteiger charge is 2.24. The lowest BCUT2D eigenvalue weighted by atomic mass is 10.1. The Morgan fingerprint density at radius 2 is 2.04 bits per heavy atom. The van der Waals surface area contributed by atoms with Crippen LogP contribution in [0.15, 0.2) is 30.3 Å². The maximum Gasteiger partial charge on any atom is 0.218 e. The average Bonchev–Trinajstić information content (AvgIpc) is 3.29. The number of aromatic nitrogens is 5. The first-order valence-electron chi connectivity index (χ1n) is 9.37. The number of pyridine rings is 1. The molecule has 1 fully saturated rings.